The zero-order valence-electron chi connectivity index (χ0n) is 18.1. The van der Waals surface area contributed by atoms with E-state index in [4.69, 9.17) is 10.5 Å². The van der Waals surface area contributed by atoms with E-state index in [0.717, 1.165) is 29.7 Å². The number of carbonyl (C=O) groups excluding carboxylic acids is 2. The summed E-state index contributed by atoms with van der Waals surface area (Å²) in [5.41, 5.74) is 10.3. The number of anilines is 1. The number of pyridine rings is 1. The lowest BCUT2D eigenvalue weighted by atomic mass is 10.1. The first-order valence-corrected chi connectivity index (χ1v) is 11.0. The van der Waals surface area contributed by atoms with Gasteiger partial charge in [-0.2, -0.15) is 0 Å². The van der Waals surface area contributed by atoms with Gasteiger partial charge < -0.3 is 14.9 Å². The van der Waals surface area contributed by atoms with Crippen molar-refractivity contribution in [3.05, 3.63) is 65.6 Å². The van der Waals surface area contributed by atoms with Crippen LogP contribution in [0.15, 0.2) is 48.8 Å². The van der Waals surface area contributed by atoms with Gasteiger partial charge >= 0.3 is 6.03 Å². The molecule has 32 heavy (non-hydrogen) atoms. The summed E-state index contributed by atoms with van der Waals surface area (Å²) in [5, 5.41) is 0. The summed E-state index contributed by atoms with van der Waals surface area (Å²) < 4.78 is 7.62. The van der Waals surface area contributed by atoms with Gasteiger partial charge in [-0.05, 0) is 42.9 Å². The maximum atomic E-state index is 13.2. The van der Waals surface area contributed by atoms with Crippen molar-refractivity contribution in [3.63, 3.8) is 0 Å². The number of ether oxygens (including phenoxy) is 1. The monoisotopic (exact) mass is 433 g/mol. The maximum absolute atomic E-state index is 13.2. The Bertz CT molecular complexity index is 1150. The number of nitrogens with zero attached hydrogens (tertiary/aromatic N) is 4. The minimum atomic E-state index is -0.335. The van der Waals surface area contributed by atoms with Crippen molar-refractivity contribution in [1.82, 2.24) is 14.3 Å². The lowest BCUT2D eigenvalue weighted by Gasteiger charge is -2.18. The van der Waals surface area contributed by atoms with Gasteiger partial charge in [-0.15, -0.1) is 0 Å². The summed E-state index contributed by atoms with van der Waals surface area (Å²) in [6.45, 7) is 2.83. The number of rotatable bonds is 8. The highest BCUT2D eigenvalue weighted by molar-refractivity contribution is 6.13. The molecule has 2 aliphatic rings. The Balaban J connectivity index is 1.34. The van der Waals surface area contributed by atoms with Crippen LogP contribution in [0.1, 0.15) is 48.5 Å². The number of hydrogen-bond acceptors (Lipinski definition) is 5. The van der Waals surface area contributed by atoms with E-state index in [1.54, 1.807) is 0 Å². The molecule has 1 saturated heterocycles. The van der Waals surface area contributed by atoms with Crippen molar-refractivity contribution in [2.24, 2.45) is 5.73 Å². The van der Waals surface area contributed by atoms with Crippen LogP contribution in [0.5, 0.6) is 0 Å². The summed E-state index contributed by atoms with van der Waals surface area (Å²) in [6.07, 6.45) is 6.25. The summed E-state index contributed by atoms with van der Waals surface area (Å²) in [4.78, 5) is 33.3. The molecule has 3 aromatic rings. The SMILES string of the molecule is CC(N)c1cn2cc(C3CC3)cc(N3CC(=O)N(CCOCc4ccccc4)C3=O)c2n1. The van der Waals surface area contributed by atoms with E-state index in [2.05, 4.69) is 11.2 Å². The van der Waals surface area contributed by atoms with E-state index in [1.807, 2.05) is 53.9 Å². The normalized spacial score (nSPS) is 17.6. The summed E-state index contributed by atoms with van der Waals surface area (Å²) >= 11 is 0. The molecule has 0 spiro atoms. The third kappa shape index (κ3) is 3.99. The van der Waals surface area contributed by atoms with Crippen LogP contribution in [0.4, 0.5) is 10.5 Å². The number of hydrogen-bond donors (Lipinski definition) is 1. The highest BCUT2D eigenvalue weighted by atomic mass is 16.5. The van der Waals surface area contributed by atoms with Crippen LogP contribution in [0.3, 0.4) is 0 Å². The molecule has 2 aromatic heterocycles. The van der Waals surface area contributed by atoms with Crippen LogP contribution in [0.25, 0.3) is 5.65 Å². The minimum absolute atomic E-state index is 0.00166. The number of carbonyl (C=O) groups is 2. The number of imidazole rings is 1. The van der Waals surface area contributed by atoms with Gasteiger partial charge in [0.2, 0.25) is 0 Å². The molecule has 1 aliphatic carbocycles. The standard InChI is InChI=1S/C24H27N5O3/c1-16(25)20-13-27-12-19(18-7-8-18)11-21(23(27)26-20)29-14-22(30)28(24(29)31)9-10-32-15-17-5-3-2-4-6-17/h2-6,11-13,16,18H,7-10,14-15,25H2,1H3. The largest absolute Gasteiger partial charge is 0.375 e. The zero-order chi connectivity index (χ0) is 22.2. The van der Waals surface area contributed by atoms with E-state index in [1.165, 1.54) is 9.80 Å². The number of urea groups is 1. The summed E-state index contributed by atoms with van der Waals surface area (Å²) in [5.74, 6) is 0.266. The van der Waals surface area contributed by atoms with Gasteiger partial charge in [-0.1, -0.05) is 30.3 Å². The molecule has 2 fully saturated rings. The molecule has 3 heterocycles. The van der Waals surface area contributed by atoms with Gasteiger partial charge in [-0.25, -0.2) is 9.78 Å². The summed E-state index contributed by atoms with van der Waals surface area (Å²) in [7, 11) is 0. The predicted octanol–water partition coefficient (Wildman–Crippen LogP) is 3.22. The Kier molecular flexibility index (Phi) is 5.40. The van der Waals surface area contributed by atoms with E-state index in [-0.39, 0.29) is 37.7 Å². The Morgan fingerprint density at radius 2 is 1.97 bits per heavy atom. The third-order valence-corrected chi connectivity index (χ3v) is 6.00. The molecule has 2 N–H and O–H groups in total. The number of amides is 3. The molecule has 0 radical (unpaired) electrons. The molecule has 5 rings (SSSR count). The van der Waals surface area contributed by atoms with Crippen molar-refractivity contribution in [2.45, 2.75) is 38.3 Å². The molecule has 1 aliphatic heterocycles. The van der Waals surface area contributed by atoms with Gasteiger partial charge in [-0.3, -0.25) is 14.6 Å². The maximum Gasteiger partial charge on any atom is 0.331 e. The molecule has 8 heteroatoms. The van der Waals surface area contributed by atoms with Gasteiger partial charge in [0, 0.05) is 18.4 Å². The highest BCUT2D eigenvalue weighted by Gasteiger charge is 2.38. The Morgan fingerprint density at radius 3 is 2.69 bits per heavy atom. The second kappa shape index (κ2) is 8.37. The van der Waals surface area contributed by atoms with Crippen LogP contribution in [-0.2, 0) is 16.1 Å². The molecule has 0 bridgehead atoms. The number of nitrogens with two attached hydrogens (primary N) is 1. The highest BCUT2D eigenvalue weighted by Crippen LogP contribution is 2.42. The molecule has 1 saturated carbocycles. The fraction of sp³-hybridized carbons (Fsp3) is 0.375. The Hall–Kier alpha value is -3.23. The van der Waals surface area contributed by atoms with Gasteiger partial charge in [0.15, 0.2) is 5.65 Å². The first-order chi connectivity index (χ1) is 15.5. The first kappa shape index (κ1) is 20.7. The molecule has 3 amide bonds. The van der Waals surface area contributed by atoms with E-state index >= 15 is 0 Å². The van der Waals surface area contributed by atoms with Crippen LogP contribution in [0, 0.1) is 0 Å². The lowest BCUT2D eigenvalue weighted by Crippen LogP contribution is -2.35. The fourth-order valence-corrected chi connectivity index (χ4v) is 4.05. The lowest BCUT2D eigenvalue weighted by molar-refractivity contribution is -0.125. The number of imide groups is 1. The molecule has 1 unspecified atom stereocenters. The van der Waals surface area contributed by atoms with Crippen molar-refractivity contribution >= 4 is 23.3 Å². The van der Waals surface area contributed by atoms with E-state index < -0.39 is 0 Å². The second-order valence-electron chi connectivity index (χ2n) is 8.57. The van der Waals surface area contributed by atoms with Gasteiger partial charge in [0.25, 0.3) is 5.91 Å². The topological polar surface area (TPSA) is 93.2 Å². The molecular formula is C24H27N5O3. The first-order valence-electron chi connectivity index (χ1n) is 11.0. The van der Waals surface area contributed by atoms with Crippen molar-refractivity contribution < 1.29 is 14.3 Å². The van der Waals surface area contributed by atoms with E-state index in [0.29, 0.717) is 23.9 Å². The smallest absolute Gasteiger partial charge is 0.331 e. The Morgan fingerprint density at radius 1 is 1.19 bits per heavy atom. The Labute approximate surface area is 186 Å². The zero-order valence-corrected chi connectivity index (χ0v) is 18.1. The quantitative estimate of drug-likeness (QED) is 0.435. The van der Waals surface area contributed by atoms with Gasteiger partial charge in [0.1, 0.15) is 6.54 Å². The minimum Gasteiger partial charge on any atom is -0.375 e. The average Bonchev–Trinajstić information content (AvgIpc) is 3.48. The predicted molar refractivity (Wildman–Crippen MR) is 120 cm³/mol. The molecule has 8 nitrogen and oxygen atoms in total. The van der Waals surface area contributed by atoms with Crippen LogP contribution >= 0.6 is 0 Å². The second-order valence-corrected chi connectivity index (χ2v) is 8.57. The van der Waals surface area contributed by atoms with Crippen molar-refractivity contribution in [3.8, 4) is 0 Å². The third-order valence-electron chi connectivity index (χ3n) is 6.00. The van der Waals surface area contributed by atoms with Crippen LogP contribution < -0.4 is 10.6 Å². The molecule has 166 valence electrons. The molecular weight excluding hydrogens is 406 g/mol. The number of aromatic nitrogens is 2. The van der Waals surface area contributed by atoms with Crippen LogP contribution in [0.2, 0.25) is 0 Å². The molecule has 1 atom stereocenters. The molecule has 1 aromatic carbocycles. The number of benzene rings is 1. The van der Waals surface area contributed by atoms with Crippen molar-refractivity contribution in [2.75, 3.05) is 24.6 Å². The fourth-order valence-electron chi connectivity index (χ4n) is 4.05. The summed E-state index contributed by atoms with van der Waals surface area (Å²) in [6, 6.07) is 11.3. The average molecular weight is 434 g/mol. The van der Waals surface area contributed by atoms with Crippen LogP contribution in [-0.4, -0.2) is 45.9 Å². The number of fused-ring (bicyclic) bond motifs is 1. The van der Waals surface area contributed by atoms with E-state index in [9.17, 15) is 9.59 Å². The van der Waals surface area contributed by atoms with Crippen molar-refractivity contribution in [1.29, 1.82) is 0 Å². The van der Waals surface area contributed by atoms with Gasteiger partial charge in [0.05, 0.1) is 31.1 Å².